The molecule has 0 saturated carbocycles. The Bertz CT molecular complexity index is 808. The van der Waals surface area contributed by atoms with Crippen LogP contribution in [0.15, 0.2) is 6.20 Å². The molecule has 112 valence electrons. The van der Waals surface area contributed by atoms with E-state index in [1.807, 2.05) is 6.92 Å². The number of nitrogens with one attached hydrogen (secondary N) is 1. The summed E-state index contributed by atoms with van der Waals surface area (Å²) in [6, 6.07) is 2.09. The molecule has 0 unspecified atom stereocenters. The van der Waals surface area contributed by atoms with Crippen molar-refractivity contribution in [3.63, 3.8) is 0 Å². The number of anilines is 1. The van der Waals surface area contributed by atoms with Crippen LogP contribution < -0.4 is 5.73 Å². The lowest BCUT2D eigenvalue weighted by molar-refractivity contribution is 0.0595. The number of carbonyl (C=O) groups excluding carboxylic acids is 1. The minimum Gasteiger partial charge on any atom is -0.464 e. The van der Waals surface area contributed by atoms with Gasteiger partial charge < -0.3 is 10.5 Å². The molecule has 1 atom stereocenters. The molecular weight excluding hydrogens is 302 g/mol. The van der Waals surface area contributed by atoms with Gasteiger partial charge in [0.25, 0.3) is 0 Å². The highest BCUT2D eigenvalue weighted by molar-refractivity contribution is 7.99. The number of esters is 1. The Kier molecular flexibility index (Phi) is 3.50. The maximum atomic E-state index is 11.9. The molecule has 0 spiro atoms. The van der Waals surface area contributed by atoms with Crippen molar-refractivity contribution in [2.75, 3.05) is 12.8 Å². The van der Waals surface area contributed by atoms with E-state index in [1.165, 1.54) is 13.3 Å². The minimum atomic E-state index is -0.542. The van der Waals surface area contributed by atoms with Crippen LogP contribution >= 0.6 is 11.8 Å². The second-order valence-electron chi connectivity index (χ2n) is 4.83. The topological polar surface area (TPSA) is 118 Å². The lowest BCUT2D eigenvalue weighted by Crippen LogP contribution is -2.08. The first-order valence-corrected chi connectivity index (χ1v) is 7.59. The molecule has 0 amide bonds. The number of pyridine rings is 1. The van der Waals surface area contributed by atoms with E-state index in [9.17, 15) is 10.1 Å². The molecule has 3 rings (SSSR count). The molecule has 22 heavy (non-hydrogen) atoms. The third-order valence-electron chi connectivity index (χ3n) is 3.63. The fourth-order valence-corrected chi connectivity index (χ4v) is 3.64. The Morgan fingerprint density at radius 3 is 3.09 bits per heavy atom. The molecule has 3 heterocycles. The van der Waals surface area contributed by atoms with Crippen LogP contribution in [0, 0.1) is 11.3 Å². The van der Waals surface area contributed by atoms with Gasteiger partial charge in [0.1, 0.15) is 17.5 Å². The highest BCUT2D eigenvalue weighted by Gasteiger charge is 2.30. The fraction of sp³-hybridized carbons (Fsp3) is 0.286. The zero-order chi connectivity index (χ0) is 15.9. The highest BCUT2D eigenvalue weighted by atomic mass is 32.2. The van der Waals surface area contributed by atoms with Gasteiger partial charge in [-0.3, -0.25) is 5.10 Å². The number of rotatable bonds is 2. The van der Waals surface area contributed by atoms with Crippen LogP contribution in [0.3, 0.4) is 0 Å². The number of aromatic nitrogens is 3. The molecule has 0 aliphatic carbocycles. The summed E-state index contributed by atoms with van der Waals surface area (Å²) in [6.07, 6.45) is 1.51. The van der Waals surface area contributed by atoms with Gasteiger partial charge in [-0.25, -0.2) is 9.78 Å². The number of hydrogen-bond donors (Lipinski definition) is 2. The summed E-state index contributed by atoms with van der Waals surface area (Å²) in [5.74, 6) is 0.335. The van der Waals surface area contributed by atoms with Gasteiger partial charge in [-0.1, -0.05) is 0 Å². The third-order valence-corrected chi connectivity index (χ3v) is 4.81. The number of H-pyrrole nitrogens is 1. The maximum absolute atomic E-state index is 11.9. The van der Waals surface area contributed by atoms with Crippen molar-refractivity contribution < 1.29 is 9.53 Å². The molecule has 3 N–H and O–H groups in total. The lowest BCUT2D eigenvalue weighted by atomic mass is 9.94. The van der Waals surface area contributed by atoms with E-state index < -0.39 is 5.97 Å². The number of thioether (sulfide) groups is 1. The van der Waals surface area contributed by atoms with Crippen molar-refractivity contribution in [1.82, 2.24) is 15.2 Å². The number of aromatic amines is 1. The van der Waals surface area contributed by atoms with E-state index in [1.54, 1.807) is 11.8 Å². The summed E-state index contributed by atoms with van der Waals surface area (Å²) in [6.45, 7) is 2.04. The average Bonchev–Trinajstić information content (AvgIpc) is 3.13. The molecular formula is C14H13N5O2S. The monoisotopic (exact) mass is 315 g/mol. The first-order chi connectivity index (χ1) is 10.6. The van der Waals surface area contributed by atoms with Gasteiger partial charge in [0, 0.05) is 22.1 Å². The Morgan fingerprint density at radius 1 is 1.64 bits per heavy atom. The summed E-state index contributed by atoms with van der Waals surface area (Å²) in [4.78, 5) is 16.2. The summed E-state index contributed by atoms with van der Waals surface area (Å²) in [5.41, 5.74) is 9.33. The summed E-state index contributed by atoms with van der Waals surface area (Å²) < 4.78 is 4.76. The van der Waals surface area contributed by atoms with Crippen molar-refractivity contribution in [3.8, 4) is 17.2 Å². The van der Waals surface area contributed by atoms with Crippen LogP contribution in [0.4, 0.5) is 5.82 Å². The van der Waals surface area contributed by atoms with E-state index in [-0.39, 0.29) is 22.3 Å². The summed E-state index contributed by atoms with van der Waals surface area (Å²) in [5, 5.41) is 16.2. The van der Waals surface area contributed by atoms with Gasteiger partial charge in [0.05, 0.1) is 19.0 Å². The predicted molar refractivity (Wildman–Crippen MR) is 82.0 cm³/mol. The molecule has 1 aliphatic heterocycles. The molecule has 8 heteroatoms. The van der Waals surface area contributed by atoms with Crippen LogP contribution in [-0.2, 0) is 10.5 Å². The molecule has 0 aromatic carbocycles. The molecule has 0 bridgehead atoms. The van der Waals surface area contributed by atoms with Crippen LogP contribution in [-0.4, -0.2) is 28.3 Å². The number of carbonyl (C=O) groups is 1. The molecule has 0 saturated heterocycles. The van der Waals surface area contributed by atoms with Gasteiger partial charge in [0.15, 0.2) is 5.69 Å². The van der Waals surface area contributed by atoms with Crippen molar-refractivity contribution in [1.29, 1.82) is 5.26 Å². The predicted octanol–water partition coefficient (Wildman–Crippen LogP) is 2.02. The zero-order valence-electron chi connectivity index (χ0n) is 12.0. The average molecular weight is 315 g/mol. The smallest absolute Gasteiger partial charge is 0.356 e. The van der Waals surface area contributed by atoms with Gasteiger partial charge in [0.2, 0.25) is 0 Å². The van der Waals surface area contributed by atoms with Crippen molar-refractivity contribution in [2.45, 2.75) is 17.9 Å². The molecule has 0 radical (unpaired) electrons. The van der Waals surface area contributed by atoms with Crippen LogP contribution in [0.5, 0.6) is 0 Å². The minimum absolute atomic E-state index is 0.169. The van der Waals surface area contributed by atoms with Crippen LogP contribution in [0.25, 0.3) is 11.1 Å². The largest absolute Gasteiger partial charge is 0.464 e. The molecule has 2 aromatic rings. The van der Waals surface area contributed by atoms with E-state index >= 15 is 0 Å². The first-order valence-electron chi connectivity index (χ1n) is 6.54. The maximum Gasteiger partial charge on any atom is 0.356 e. The third kappa shape index (κ3) is 2.02. The van der Waals surface area contributed by atoms with Gasteiger partial charge in [-0.05, 0) is 12.5 Å². The number of ether oxygens (including phenoxy) is 1. The second kappa shape index (κ2) is 5.35. The Morgan fingerprint density at radius 2 is 2.41 bits per heavy atom. The van der Waals surface area contributed by atoms with Crippen LogP contribution in [0.1, 0.15) is 39.5 Å². The molecule has 1 aliphatic rings. The van der Waals surface area contributed by atoms with Crippen LogP contribution in [0.2, 0.25) is 0 Å². The van der Waals surface area contributed by atoms with Gasteiger partial charge in [-0.2, -0.15) is 10.4 Å². The standard InChI is InChI=1S/C14H13N5O2S/c1-6-11-9(5-22-6)10(7(3-15)13(16)18-11)8-4-17-19-12(8)14(20)21-2/h4,6H,5H2,1-2H3,(H2,16,18)(H,17,19)/t6-/m1/s1. The lowest BCUT2D eigenvalue weighted by Gasteiger charge is -2.12. The quantitative estimate of drug-likeness (QED) is 0.814. The fourth-order valence-electron chi connectivity index (χ4n) is 2.57. The number of nitrogens with zero attached hydrogens (tertiary/aromatic N) is 3. The van der Waals surface area contributed by atoms with E-state index in [0.29, 0.717) is 16.9 Å². The Labute approximate surface area is 130 Å². The zero-order valence-corrected chi connectivity index (χ0v) is 12.8. The van der Waals surface area contributed by atoms with E-state index in [2.05, 4.69) is 21.3 Å². The van der Waals surface area contributed by atoms with Gasteiger partial charge in [-0.15, -0.1) is 11.8 Å². The van der Waals surface area contributed by atoms with E-state index in [0.717, 1.165) is 11.3 Å². The summed E-state index contributed by atoms with van der Waals surface area (Å²) in [7, 11) is 1.29. The SMILES string of the molecule is COC(=O)c1[nH]ncc1-c1c(C#N)c(N)nc2c1CS[C@@H]2C. The van der Waals surface area contributed by atoms with Crippen molar-refractivity contribution in [3.05, 3.63) is 28.7 Å². The number of nitrogens with two attached hydrogens (primary N) is 1. The number of nitriles is 1. The normalized spacial score (nSPS) is 16.1. The van der Waals surface area contributed by atoms with Gasteiger partial charge >= 0.3 is 5.97 Å². The Hall–Kier alpha value is -2.53. The van der Waals surface area contributed by atoms with E-state index in [4.69, 9.17) is 10.5 Å². The molecule has 0 fully saturated rings. The Balaban J connectivity index is 2.32. The second-order valence-corrected chi connectivity index (χ2v) is 6.16. The molecule has 7 nitrogen and oxygen atoms in total. The van der Waals surface area contributed by atoms with Crippen molar-refractivity contribution >= 4 is 23.5 Å². The summed E-state index contributed by atoms with van der Waals surface area (Å²) >= 11 is 1.71. The number of hydrogen-bond acceptors (Lipinski definition) is 7. The number of nitrogen functional groups attached to an aromatic ring is 1. The molecule has 2 aromatic heterocycles. The number of fused-ring (bicyclic) bond motifs is 1. The first kappa shape index (κ1) is 14.4. The van der Waals surface area contributed by atoms with Crippen molar-refractivity contribution in [2.24, 2.45) is 0 Å². The highest BCUT2D eigenvalue weighted by Crippen LogP contribution is 2.46. The number of methoxy groups -OCH3 is 1.